The molecule has 0 fully saturated rings. The normalized spacial score (nSPS) is 13.4. The first-order valence-electron chi connectivity index (χ1n) is 2.08. The van der Waals surface area contributed by atoms with E-state index < -0.39 is 0 Å². The van der Waals surface area contributed by atoms with Gasteiger partial charge in [-0.05, 0) is 6.42 Å². The predicted octanol–water partition coefficient (Wildman–Crippen LogP) is 0.298. The standard InChI is InChI=1S/C4H8BrNO/c5-2-1-4(6)3-7/h3-4H,1-2,6H2. The largest absolute Gasteiger partial charge is 0.322 e. The molecule has 0 aromatic carbocycles. The highest BCUT2D eigenvalue weighted by Crippen LogP contribution is 1.88. The number of aldehydes is 1. The molecular formula is C4H8BrNO. The summed E-state index contributed by atoms with van der Waals surface area (Å²) in [5, 5.41) is 0.799. The van der Waals surface area contributed by atoms with Crippen LogP contribution in [0.1, 0.15) is 6.42 Å². The maximum absolute atomic E-state index is 9.75. The molecule has 0 saturated carbocycles. The average molecular weight is 166 g/mol. The Labute approximate surface area is 51.2 Å². The van der Waals surface area contributed by atoms with E-state index in [2.05, 4.69) is 15.9 Å². The first kappa shape index (κ1) is 7.11. The van der Waals surface area contributed by atoms with E-state index in [1.165, 1.54) is 0 Å². The molecule has 0 bridgehead atoms. The van der Waals surface area contributed by atoms with Crippen molar-refractivity contribution in [2.24, 2.45) is 5.73 Å². The van der Waals surface area contributed by atoms with Crippen molar-refractivity contribution in [3.8, 4) is 0 Å². The summed E-state index contributed by atoms with van der Waals surface area (Å²) in [6.07, 6.45) is 1.48. The van der Waals surface area contributed by atoms with E-state index in [-0.39, 0.29) is 6.04 Å². The zero-order chi connectivity index (χ0) is 5.70. The molecule has 0 aromatic heterocycles. The van der Waals surface area contributed by atoms with Gasteiger partial charge < -0.3 is 10.5 Å². The lowest BCUT2D eigenvalue weighted by molar-refractivity contribution is -0.108. The van der Waals surface area contributed by atoms with E-state index in [9.17, 15) is 4.79 Å². The van der Waals surface area contributed by atoms with Crippen molar-refractivity contribution in [3.63, 3.8) is 0 Å². The van der Waals surface area contributed by atoms with Crippen LogP contribution in [0.2, 0.25) is 0 Å². The molecule has 0 aliphatic heterocycles. The zero-order valence-corrected chi connectivity index (χ0v) is 5.52. The number of rotatable bonds is 3. The van der Waals surface area contributed by atoms with Gasteiger partial charge in [0.05, 0.1) is 6.04 Å². The second kappa shape index (κ2) is 4.27. The van der Waals surface area contributed by atoms with Crippen molar-refractivity contribution in [1.82, 2.24) is 0 Å². The quantitative estimate of drug-likeness (QED) is 0.483. The Morgan fingerprint density at radius 1 is 1.86 bits per heavy atom. The molecule has 0 aliphatic rings. The van der Waals surface area contributed by atoms with E-state index in [0.29, 0.717) is 0 Å². The molecule has 0 aromatic rings. The molecular weight excluding hydrogens is 158 g/mol. The summed E-state index contributed by atoms with van der Waals surface area (Å²) >= 11 is 3.15. The smallest absolute Gasteiger partial charge is 0.136 e. The van der Waals surface area contributed by atoms with Crippen molar-refractivity contribution < 1.29 is 4.79 Å². The van der Waals surface area contributed by atoms with Crippen LogP contribution in [0, 0.1) is 0 Å². The van der Waals surface area contributed by atoms with E-state index in [0.717, 1.165) is 18.0 Å². The van der Waals surface area contributed by atoms with Gasteiger partial charge in [-0.15, -0.1) is 0 Å². The Bertz CT molecular complexity index is 57.7. The second-order valence-corrected chi connectivity index (χ2v) is 2.07. The molecule has 0 rings (SSSR count). The van der Waals surface area contributed by atoms with Crippen LogP contribution in [0.5, 0.6) is 0 Å². The molecule has 0 heterocycles. The molecule has 42 valence electrons. The van der Waals surface area contributed by atoms with Crippen molar-refractivity contribution in [1.29, 1.82) is 0 Å². The minimum Gasteiger partial charge on any atom is -0.322 e. The minimum absolute atomic E-state index is 0.278. The highest BCUT2D eigenvalue weighted by molar-refractivity contribution is 9.09. The van der Waals surface area contributed by atoms with Crippen molar-refractivity contribution in [2.45, 2.75) is 12.5 Å². The molecule has 0 spiro atoms. The number of carbonyl (C=O) groups is 1. The first-order chi connectivity index (χ1) is 3.31. The number of hydrogen-bond donors (Lipinski definition) is 1. The highest BCUT2D eigenvalue weighted by Gasteiger charge is 1.94. The van der Waals surface area contributed by atoms with Crippen LogP contribution in [0.15, 0.2) is 0 Å². The monoisotopic (exact) mass is 165 g/mol. The molecule has 7 heavy (non-hydrogen) atoms. The van der Waals surface area contributed by atoms with Crippen LogP contribution in [0.25, 0.3) is 0 Å². The van der Waals surface area contributed by atoms with Gasteiger partial charge in [0.15, 0.2) is 0 Å². The molecule has 0 aliphatic carbocycles. The molecule has 1 unspecified atom stereocenters. The molecule has 2 N–H and O–H groups in total. The summed E-state index contributed by atoms with van der Waals surface area (Å²) in [6.45, 7) is 0. The molecule has 1 atom stereocenters. The highest BCUT2D eigenvalue weighted by atomic mass is 79.9. The topological polar surface area (TPSA) is 43.1 Å². The fraction of sp³-hybridized carbons (Fsp3) is 0.750. The van der Waals surface area contributed by atoms with Gasteiger partial charge in [-0.25, -0.2) is 0 Å². The van der Waals surface area contributed by atoms with Crippen LogP contribution in [0.4, 0.5) is 0 Å². The van der Waals surface area contributed by atoms with Crippen molar-refractivity contribution >= 4 is 22.2 Å². The lowest BCUT2D eigenvalue weighted by Gasteiger charge is -1.94. The zero-order valence-electron chi connectivity index (χ0n) is 3.93. The van der Waals surface area contributed by atoms with Crippen LogP contribution < -0.4 is 5.73 Å². The van der Waals surface area contributed by atoms with Crippen molar-refractivity contribution in [3.05, 3.63) is 0 Å². The summed E-state index contributed by atoms with van der Waals surface area (Å²) < 4.78 is 0. The van der Waals surface area contributed by atoms with Crippen LogP contribution in [0.3, 0.4) is 0 Å². The second-order valence-electron chi connectivity index (χ2n) is 1.28. The number of hydrogen-bond acceptors (Lipinski definition) is 2. The van der Waals surface area contributed by atoms with Crippen LogP contribution >= 0.6 is 15.9 Å². The first-order valence-corrected chi connectivity index (χ1v) is 3.20. The number of nitrogens with two attached hydrogens (primary N) is 1. The van der Waals surface area contributed by atoms with Crippen molar-refractivity contribution in [2.75, 3.05) is 5.33 Å². The molecule has 0 saturated heterocycles. The van der Waals surface area contributed by atoms with Gasteiger partial charge in [0.1, 0.15) is 6.29 Å². The lowest BCUT2D eigenvalue weighted by Crippen LogP contribution is -2.21. The average Bonchev–Trinajstić information content (AvgIpc) is 1.68. The van der Waals surface area contributed by atoms with Crippen LogP contribution in [-0.4, -0.2) is 17.7 Å². The summed E-state index contributed by atoms with van der Waals surface area (Å²) in [7, 11) is 0. The van der Waals surface area contributed by atoms with Gasteiger partial charge in [-0.2, -0.15) is 0 Å². The van der Waals surface area contributed by atoms with E-state index in [4.69, 9.17) is 5.73 Å². The molecule has 0 amide bonds. The number of alkyl halides is 1. The van der Waals surface area contributed by atoms with E-state index in [1.807, 2.05) is 0 Å². The predicted molar refractivity (Wildman–Crippen MR) is 32.5 cm³/mol. The maximum Gasteiger partial charge on any atom is 0.136 e. The van der Waals surface area contributed by atoms with Gasteiger partial charge in [0, 0.05) is 5.33 Å². The summed E-state index contributed by atoms with van der Waals surface area (Å²) in [5.41, 5.74) is 5.19. The van der Waals surface area contributed by atoms with Gasteiger partial charge >= 0.3 is 0 Å². The third-order valence-electron chi connectivity index (χ3n) is 0.617. The third kappa shape index (κ3) is 3.95. The fourth-order valence-corrected chi connectivity index (χ4v) is 0.723. The van der Waals surface area contributed by atoms with E-state index in [1.54, 1.807) is 0 Å². The lowest BCUT2D eigenvalue weighted by atomic mass is 10.3. The SMILES string of the molecule is NC(C=O)CCBr. The van der Waals surface area contributed by atoms with Crippen LogP contribution in [-0.2, 0) is 4.79 Å². The molecule has 0 radical (unpaired) electrons. The number of carbonyl (C=O) groups excluding carboxylic acids is 1. The van der Waals surface area contributed by atoms with Gasteiger partial charge in [-0.1, -0.05) is 15.9 Å². The number of halogens is 1. The summed E-state index contributed by atoms with van der Waals surface area (Å²) in [5.74, 6) is 0. The Kier molecular flexibility index (Phi) is 4.34. The third-order valence-corrected chi connectivity index (χ3v) is 1.08. The summed E-state index contributed by atoms with van der Waals surface area (Å²) in [4.78, 5) is 9.75. The Hall–Kier alpha value is 0.110. The minimum atomic E-state index is -0.278. The summed E-state index contributed by atoms with van der Waals surface area (Å²) in [6, 6.07) is -0.278. The van der Waals surface area contributed by atoms with Gasteiger partial charge in [0.25, 0.3) is 0 Å². The van der Waals surface area contributed by atoms with E-state index >= 15 is 0 Å². The Morgan fingerprint density at radius 2 is 2.43 bits per heavy atom. The molecule has 3 heteroatoms. The Balaban J connectivity index is 2.98. The maximum atomic E-state index is 9.75. The van der Waals surface area contributed by atoms with Gasteiger partial charge in [0.2, 0.25) is 0 Å². The fourth-order valence-electron chi connectivity index (χ4n) is 0.194. The van der Waals surface area contributed by atoms with Gasteiger partial charge in [-0.3, -0.25) is 0 Å². The Morgan fingerprint density at radius 3 is 2.57 bits per heavy atom. The molecule has 2 nitrogen and oxygen atoms in total.